The molecule has 0 unspecified atom stereocenters. The van der Waals surface area contributed by atoms with E-state index in [1.807, 2.05) is 13.0 Å². The van der Waals surface area contributed by atoms with Crippen LogP contribution in [0, 0.1) is 11.3 Å². The van der Waals surface area contributed by atoms with Crippen molar-refractivity contribution in [2.24, 2.45) is 0 Å². The number of nitrogens with one attached hydrogen (secondary N) is 1. The Balaban J connectivity index is 2.25. The van der Waals surface area contributed by atoms with Gasteiger partial charge in [-0.2, -0.15) is 5.26 Å². The third-order valence-corrected chi connectivity index (χ3v) is 4.64. The van der Waals surface area contributed by atoms with Crippen molar-refractivity contribution in [3.8, 4) is 11.8 Å². The number of aliphatic hydroxyl groups excluding tert-OH is 1. The van der Waals surface area contributed by atoms with E-state index in [1.165, 1.54) is 6.08 Å². The van der Waals surface area contributed by atoms with Crippen molar-refractivity contribution in [3.63, 3.8) is 0 Å². The molecule has 2 atom stereocenters. The second-order valence-corrected chi connectivity index (χ2v) is 7.10. The van der Waals surface area contributed by atoms with Gasteiger partial charge in [-0.25, -0.2) is 9.59 Å². The molecule has 9 heteroatoms. The zero-order chi connectivity index (χ0) is 24.8. The summed E-state index contributed by atoms with van der Waals surface area (Å²) < 4.78 is 17.1. The van der Waals surface area contributed by atoms with Crippen LogP contribution in [0.4, 0.5) is 10.5 Å². The highest BCUT2D eigenvalue weighted by atomic mass is 16.6. The van der Waals surface area contributed by atoms with Crippen molar-refractivity contribution >= 4 is 17.7 Å². The number of hydrogen-bond donors (Lipinski definition) is 3. The molecular formula is C25H28N2O7. The fourth-order valence-corrected chi connectivity index (χ4v) is 3.17. The van der Waals surface area contributed by atoms with E-state index in [2.05, 4.69) is 5.32 Å². The zero-order valence-corrected chi connectivity index (χ0v) is 18.8. The van der Waals surface area contributed by atoms with E-state index in [4.69, 9.17) is 29.7 Å². The summed E-state index contributed by atoms with van der Waals surface area (Å²) in [5.41, 5.74) is 1.54. The number of anilines is 1. The SMILES string of the molecule is CCO[C@H](CC/C=C/C(=O)O)[C@H](OC(=O)Nc1ccc(C#N)cc1)c1cccc(OCCO)c1. The molecule has 0 aliphatic rings. The van der Waals surface area contributed by atoms with Gasteiger partial charge in [-0.3, -0.25) is 5.32 Å². The van der Waals surface area contributed by atoms with Crippen molar-refractivity contribution in [1.29, 1.82) is 5.26 Å². The molecule has 2 aromatic carbocycles. The highest BCUT2D eigenvalue weighted by Crippen LogP contribution is 2.30. The highest BCUT2D eigenvalue weighted by Gasteiger charge is 2.28. The Morgan fingerprint density at radius 1 is 1.21 bits per heavy atom. The molecule has 0 saturated heterocycles. The molecule has 2 aromatic rings. The van der Waals surface area contributed by atoms with Gasteiger partial charge in [-0.15, -0.1) is 0 Å². The maximum atomic E-state index is 12.7. The van der Waals surface area contributed by atoms with Gasteiger partial charge in [0.15, 0.2) is 6.10 Å². The molecule has 2 rings (SSSR count). The number of rotatable bonds is 13. The van der Waals surface area contributed by atoms with Crippen LogP contribution >= 0.6 is 0 Å². The molecule has 0 heterocycles. The summed E-state index contributed by atoms with van der Waals surface area (Å²) in [6, 6.07) is 15.3. The summed E-state index contributed by atoms with van der Waals surface area (Å²) in [5, 5.41) is 29.4. The van der Waals surface area contributed by atoms with Gasteiger partial charge in [-0.1, -0.05) is 18.2 Å². The van der Waals surface area contributed by atoms with Gasteiger partial charge in [0.2, 0.25) is 0 Å². The number of carboxylic acids is 1. The second kappa shape index (κ2) is 14.3. The van der Waals surface area contributed by atoms with Crippen LogP contribution < -0.4 is 10.1 Å². The first-order valence-electron chi connectivity index (χ1n) is 10.8. The van der Waals surface area contributed by atoms with Crippen LogP contribution in [0.15, 0.2) is 60.7 Å². The van der Waals surface area contributed by atoms with Crippen LogP contribution in [0.5, 0.6) is 5.75 Å². The fourth-order valence-electron chi connectivity index (χ4n) is 3.17. The first kappa shape index (κ1) is 26.4. The third kappa shape index (κ3) is 8.94. The number of allylic oxidation sites excluding steroid dienone is 1. The molecule has 180 valence electrons. The zero-order valence-electron chi connectivity index (χ0n) is 18.8. The number of carbonyl (C=O) groups is 2. The normalized spacial score (nSPS) is 12.5. The fraction of sp³-hybridized carbons (Fsp3) is 0.320. The second-order valence-electron chi connectivity index (χ2n) is 7.10. The predicted octanol–water partition coefficient (Wildman–Crippen LogP) is 4.05. The molecule has 0 spiro atoms. The summed E-state index contributed by atoms with van der Waals surface area (Å²) in [6.45, 7) is 2.14. The minimum absolute atomic E-state index is 0.114. The maximum absolute atomic E-state index is 12.7. The maximum Gasteiger partial charge on any atom is 0.412 e. The van der Waals surface area contributed by atoms with Crippen LogP contribution in [0.2, 0.25) is 0 Å². The minimum Gasteiger partial charge on any atom is -0.491 e. The average molecular weight is 469 g/mol. The van der Waals surface area contributed by atoms with Crippen LogP contribution in [0.3, 0.4) is 0 Å². The molecular weight excluding hydrogens is 440 g/mol. The van der Waals surface area contributed by atoms with Crippen molar-refractivity contribution < 1.29 is 34.0 Å². The monoisotopic (exact) mass is 468 g/mol. The lowest BCUT2D eigenvalue weighted by Gasteiger charge is -2.27. The van der Waals surface area contributed by atoms with Gasteiger partial charge in [0, 0.05) is 18.4 Å². The van der Waals surface area contributed by atoms with E-state index < -0.39 is 24.3 Å². The van der Waals surface area contributed by atoms with Gasteiger partial charge in [-0.05, 0) is 61.7 Å². The van der Waals surface area contributed by atoms with E-state index in [1.54, 1.807) is 48.5 Å². The Kier molecular flexibility index (Phi) is 11.1. The molecule has 0 radical (unpaired) electrons. The number of aliphatic hydroxyl groups is 1. The van der Waals surface area contributed by atoms with Gasteiger partial charge in [0.05, 0.1) is 24.3 Å². The van der Waals surface area contributed by atoms with E-state index in [0.717, 1.165) is 6.08 Å². The van der Waals surface area contributed by atoms with Crippen LogP contribution in [-0.4, -0.2) is 48.2 Å². The molecule has 0 aromatic heterocycles. The molecule has 0 aliphatic carbocycles. The average Bonchev–Trinajstić information content (AvgIpc) is 2.84. The Labute approximate surface area is 198 Å². The first-order chi connectivity index (χ1) is 16.5. The number of hydrogen-bond acceptors (Lipinski definition) is 7. The summed E-state index contributed by atoms with van der Waals surface area (Å²) in [7, 11) is 0. The van der Waals surface area contributed by atoms with Crippen LogP contribution in [-0.2, 0) is 14.3 Å². The number of carbonyl (C=O) groups excluding carboxylic acids is 1. The number of amides is 1. The van der Waals surface area contributed by atoms with Gasteiger partial charge in [0.1, 0.15) is 12.4 Å². The number of carboxylic acid groups (broad SMARTS) is 1. The summed E-state index contributed by atoms with van der Waals surface area (Å²) in [4.78, 5) is 23.5. The number of aliphatic carboxylic acids is 1. The van der Waals surface area contributed by atoms with Gasteiger partial charge < -0.3 is 24.4 Å². The number of ether oxygens (including phenoxy) is 3. The number of benzene rings is 2. The van der Waals surface area contributed by atoms with E-state index >= 15 is 0 Å². The summed E-state index contributed by atoms with van der Waals surface area (Å²) in [5.74, 6) is -0.551. The smallest absolute Gasteiger partial charge is 0.412 e. The van der Waals surface area contributed by atoms with E-state index in [9.17, 15) is 9.59 Å². The Hall–Kier alpha value is -3.87. The third-order valence-electron chi connectivity index (χ3n) is 4.64. The summed E-state index contributed by atoms with van der Waals surface area (Å²) in [6.07, 6.45) is 1.26. The Morgan fingerprint density at radius 3 is 2.62 bits per heavy atom. The molecule has 9 nitrogen and oxygen atoms in total. The lowest BCUT2D eigenvalue weighted by atomic mass is 10.00. The van der Waals surface area contributed by atoms with E-state index in [0.29, 0.717) is 42.0 Å². The molecule has 1 amide bonds. The first-order valence-corrected chi connectivity index (χ1v) is 10.8. The molecule has 0 fully saturated rings. The quantitative estimate of drug-likeness (QED) is 0.374. The number of nitriles is 1. The predicted molar refractivity (Wildman–Crippen MR) is 124 cm³/mol. The standard InChI is InChI=1S/C25H28N2O7/c1-2-32-22(8-3-4-9-23(29)30)24(19-6-5-7-21(16-19)33-15-14-28)34-25(31)27-20-12-10-18(17-26)11-13-20/h4-7,9-13,16,22,24,28H,2-3,8,14-15H2,1H3,(H,27,31)(H,29,30)/b9-4+/t22-,24-/m1/s1. The lowest BCUT2D eigenvalue weighted by Crippen LogP contribution is -2.29. The minimum atomic E-state index is -1.05. The molecule has 0 saturated carbocycles. The van der Waals surface area contributed by atoms with Crippen molar-refractivity contribution in [1.82, 2.24) is 0 Å². The van der Waals surface area contributed by atoms with E-state index in [-0.39, 0.29) is 13.2 Å². The lowest BCUT2D eigenvalue weighted by molar-refractivity contribution is -0.131. The van der Waals surface area contributed by atoms with Gasteiger partial charge >= 0.3 is 12.1 Å². The Morgan fingerprint density at radius 2 is 1.97 bits per heavy atom. The molecule has 0 aliphatic heterocycles. The summed E-state index contributed by atoms with van der Waals surface area (Å²) >= 11 is 0. The topological polar surface area (TPSA) is 138 Å². The van der Waals surface area contributed by atoms with Gasteiger partial charge in [0.25, 0.3) is 0 Å². The highest BCUT2D eigenvalue weighted by molar-refractivity contribution is 5.84. The van der Waals surface area contributed by atoms with Crippen LogP contribution in [0.1, 0.15) is 37.0 Å². The molecule has 3 N–H and O–H groups in total. The van der Waals surface area contributed by atoms with Crippen LogP contribution in [0.25, 0.3) is 0 Å². The molecule has 0 bridgehead atoms. The Bertz CT molecular complexity index is 999. The largest absolute Gasteiger partial charge is 0.491 e. The van der Waals surface area contributed by atoms with Crippen molar-refractivity contribution in [2.45, 2.75) is 32.0 Å². The molecule has 34 heavy (non-hydrogen) atoms. The number of nitrogens with zero attached hydrogens (tertiary/aromatic N) is 1. The van der Waals surface area contributed by atoms with Crippen molar-refractivity contribution in [3.05, 3.63) is 71.8 Å². The van der Waals surface area contributed by atoms with Crippen molar-refractivity contribution in [2.75, 3.05) is 25.1 Å².